The maximum Gasteiger partial charge on any atom is 0.167 e. The van der Waals surface area contributed by atoms with Gasteiger partial charge in [0.2, 0.25) is 0 Å². The van der Waals surface area contributed by atoms with Crippen LogP contribution in [0, 0.1) is 0 Å². The van der Waals surface area contributed by atoms with Gasteiger partial charge in [-0.2, -0.15) is 0 Å². The van der Waals surface area contributed by atoms with Crippen molar-refractivity contribution < 1.29 is 4.79 Å². The van der Waals surface area contributed by atoms with Crippen molar-refractivity contribution in [3.05, 3.63) is 77.5 Å². The molecule has 0 aliphatic heterocycles. The summed E-state index contributed by atoms with van der Waals surface area (Å²) in [6, 6.07) is 17.7. The third kappa shape index (κ3) is 2.70. The molecule has 104 valence electrons. The van der Waals surface area contributed by atoms with Crippen molar-refractivity contribution in [1.82, 2.24) is 4.98 Å². The molecular weight excluding hydrogens is 258 g/mol. The number of carbonyl (C=O) groups excluding carboxylic acids is 1. The molecule has 0 radical (unpaired) electrons. The van der Waals surface area contributed by atoms with Crippen molar-refractivity contribution in [2.45, 2.75) is 19.8 Å². The van der Waals surface area contributed by atoms with E-state index in [0.717, 1.165) is 34.0 Å². The summed E-state index contributed by atoms with van der Waals surface area (Å²) in [5.74, 6) is 0.170. The zero-order valence-corrected chi connectivity index (χ0v) is 12.0. The molecule has 0 N–H and O–H groups in total. The highest BCUT2D eigenvalue weighted by Gasteiger charge is 2.12. The van der Waals surface area contributed by atoms with E-state index in [1.54, 1.807) is 6.20 Å². The number of para-hydroxylation sites is 1. The number of aryl methyl sites for hydroxylation is 1. The SMILES string of the molecule is CCc1ccccc1C(=O)Cc1ccnc2ccccc12. The Morgan fingerprint density at radius 3 is 2.57 bits per heavy atom. The van der Waals surface area contributed by atoms with Crippen molar-refractivity contribution in [2.24, 2.45) is 0 Å². The number of hydrogen-bond acceptors (Lipinski definition) is 2. The lowest BCUT2D eigenvalue weighted by Crippen LogP contribution is -2.07. The zero-order valence-electron chi connectivity index (χ0n) is 12.0. The predicted molar refractivity (Wildman–Crippen MR) is 85.6 cm³/mol. The molecule has 0 bridgehead atoms. The summed E-state index contributed by atoms with van der Waals surface area (Å²) < 4.78 is 0. The summed E-state index contributed by atoms with van der Waals surface area (Å²) in [6.07, 6.45) is 3.07. The first-order valence-electron chi connectivity index (χ1n) is 7.23. The van der Waals surface area contributed by atoms with Crippen LogP contribution < -0.4 is 0 Å². The number of benzene rings is 2. The van der Waals surface area contributed by atoms with E-state index in [0.29, 0.717) is 6.42 Å². The minimum absolute atomic E-state index is 0.170. The van der Waals surface area contributed by atoms with Gasteiger partial charge in [-0.1, -0.05) is 49.4 Å². The average molecular weight is 275 g/mol. The maximum absolute atomic E-state index is 12.6. The van der Waals surface area contributed by atoms with Crippen molar-refractivity contribution >= 4 is 16.7 Å². The van der Waals surface area contributed by atoms with Crippen LogP contribution in [0.3, 0.4) is 0 Å². The number of fused-ring (bicyclic) bond motifs is 1. The second-order valence-electron chi connectivity index (χ2n) is 5.10. The smallest absolute Gasteiger partial charge is 0.167 e. The van der Waals surface area contributed by atoms with Gasteiger partial charge in [0, 0.05) is 23.6 Å². The maximum atomic E-state index is 12.6. The van der Waals surface area contributed by atoms with Crippen LogP contribution in [0.5, 0.6) is 0 Å². The number of ketones is 1. The Morgan fingerprint density at radius 1 is 0.952 bits per heavy atom. The fourth-order valence-electron chi connectivity index (χ4n) is 2.68. The molecule has 0 fully saturated rings. The molecule has 2 nitrogen and oxygen atoms in total. The number of rotatable bonds is 4. The molecule has 0 saturated heterocycles. The monoisotopic (exact) mass is 275 g/mol. The Labute approximate surface area is 124 Å². The van der Waals surface area contributed by atoms with Gasteiger partial charge in [0.25, 0.3) is 0 Å². The Kier molecular flexibility index (Phi) is 3.78. The number of pyridine rings is 1. The fourth-order valence-corrected chi connectivity index (χ4v) is 2.68. The Balaban J connectivity index is 1.97. The lowest BCUT2D eigenvalue weighted by atomic mass is 9.96. The van der Waals surface area contributed by atoms with Crippen molar-refractivity contribution in [3.8, 4) is 0 Å². The van der Waals surface area contributed by atoms with Crippen LogP contribution in [0.2, 0.25) is 0 Å². The van der Waals surface area contributed by atoms with Crippen LogP contribution in [0.1, 0.15) is 28.4 Å². The Hall–Kier alpha value is -2.48. The van der Waals surface area contributed by atoms with Gasteiger partial charge in [0.05, 0.1) is 5.52 Å². The van der Waals surface area contributed by atoms with Gasteiger partial charge >= 0.3 is 0 Å². The van der Waals surface area contributed by atoms with Gasteiger partial charge in [0.15, 0.2) is 5.78 Å². The van der Waals surface area contributed by atoms with Gasteiger partial charge in [-0.3, -0.25) is 9.78 Å². The molecule has 3 aromatic rings. The second-order valence-corrected chi connectivity index (χ2v) is 5.10. The van der Waals surface area contributed by atoms with E-state index < -0.39 is 0 Å². The molecular formula is C19H17NO. The molecule has 3 rings (SSSR count). The third-order valence-electron chi connectivity index (χ3n) is 3.79. The standard InChI is InChI=1S/C19H17NO/c1-2-14-7-3-4-9-17(14)19(21)13-15-11-12-20-18-10-6-5-8-16(15)18/h3-12H,2,13H2,1H3. The summed E-state index contributed by atoms with van der Waals surface area (Å²) in [7, 11) is 0. The van der Waals surface area contributed by atoms with E-state index in [1.165, 1.54) is 0 Å². The predicted octanol–water partition coefficient (Wildman–Crippen LogP) is 4.22. The van der Waals surface area contributed by atoms with Gasteiger partial charge < -0.3 is 0 Å². The molecule has 0 spiro atoms. The Bertz CT molecular complexity index is 787. The fraction of sp³-hybridized carbons (Fsp3) is 0.158. The third-order valence-corrected chi connectivity index (χ3v) is 3.79. The van der Waals surface area contributed by atoms with Gasteiger partial charge in [-0.15, -0.1) is 0 Å². The quantitative estimate of drug-likeness (QED) is 0.667. The van der Waals surface area contributed by atoms with Gasteiger partial charge in [0.1, 0.15) is 0 Å². The van der Waals surface area contributed by atoms with Crippen molar-refractivity contribution in [1.29, 1.82) is 0 Å². The summed E-state index contributed by atoms with van der Waals surface area (Å²) in [6.45, 7) is 2.08. The second kappa shape index (κ2) is 5.88. The summed E-state index contributed by atoms with van der Waals surface area (Å²) >= 11 is 0. The minimum atomic E-state index is 0.170. The lowest BCUT2D eigenvalue weighted by Gasteiger charge is -2.08. The number of nitrogens with zero attached hydrogens (tertiary/aromatic N) is 1. The van der Waals surface area contributed by atoms with Crippen LogP contribution in [0.25, 0.3) is 10.9 Å². The first-order chi connectivity index (χ1) is 10.3. The summed E-state index contributed by atoms with van der Waals surface area (Å²) in [5.41, 5.74) is 3.92. The zero-order chi connectivity index (χ0) is 14.7. The molecule has 0 atom stereocenters. The number of carbonyl (C=O) groups is 1. The molecule has 1 aromatic heterocycles. The summed E-state index contributed by atoms with van der Waals surface area (Å²) in [4.78, 5) is 17.0. The molecule has 2 heteroatoms. The lowest BCUT2D eigenvalue weighted by molar-refractivity contribution is 0.0992. The molecule has 0 saturated carbocycles. The minimum Gasteiger partial charge on any atom is -0.294 e. The van der Waals surface area contributed by atoms with E-state index in [9.17, 15) is 4.79 Å². The molecule has 0 aliphatic carbocycles. The van der Waals surface area contributed by atoms with E-state index in [-0.39, 0.29) is 5.78 Å². The van der Waals surface area contributed by atoms with Crippen LogP contribution in [0.4, 0.5) is 0 Å². The normalized spacial score (nSPS) is 10.7. The first-order valence-corrected chi connectivity index (χ1v) is 7.23. The molecule has 1 heterocycles. The van der Waals surface area contributed by atoms with Crippen LogP contribution >= 0.6 is 0 Å². The highest BCUT2D eigenvalue weighted by atomic mass is 16.1. The van der Waals surface area contributed by atoms with E-state index in [1.807, 2.05) is 54.6 Å². The molecule has 0 unspecified atom stereocenters. The van der Waals surface area contributed by atoms with Gasteiger partial charge in [-0.25, -0.2) is 0 Å². The van der Waals surface area contributed by atoms with Crippen LogP contribution in [-0.2, 0) is 12.8 Å². The largest absolute Gasteiger partial charge is 0.294 e. The number of Topliss-reactive ketones (excluding diaryl/α,β-unsaturated/α-hetero) is 1. The van der Waals surface area contributed by atoms with Crippen LogP contribution in [0.15, 0.2) is 60.8 Å². The highest BCUT2D eigenvalue weighted by molar-refractivity contribution is 6.00. The van der Waals surface area contributed by atoms with Crippen LogP contribution in [-0.4, -0.2) is 10.8 Å². The summed E-state index contributed by atoms with van der Waals surface area (Å²) in [5, 5.41) is 1.06. The number of hydrogen-bond donors (Lipinski definition) is 0. The Morgan fingerprint density at radius 2 is 1.71 bits per heavy atom. The molecule has 0 amide bonds. The molecule has 21 heavy (non-hydrogen) atoms. The highest BCUT2D eigenvalue weighted by Crippen LogP contribution is 2.19. The van der Waals surface area contributed by atoms with Gasteiger partial charge in [-0.05, 0) is 29.7 Å². The molecule has 0 aliphatic rings. The topological polar surface area (TPSA) is 30.0 Å². The van der Waals surface area contributed by atoms with Crippen molar-refractivity contribution in [3.63, 3.8) is 0 Å². The van der Waals surface area contributed by atoms with E-state index >= 15 is 0 Å². The van der Waals surface area contributed by atoms with E-state index in [4.69, 9.17) is 0 Å². The number of aromatic nitrogens is 1. The van der Waals surface area contributed by atoms with Crippen molar-refractivity contribution in [2.75, 3.05) is 0 Å². The molecule has 2 aromatic carbocycles. The first kappa shape index (κ1) is 13.5. The average Bonchev–Trinajstić information content (AvgIpc) is 2.55. The van der Waals surface area contributed by atoms with E-state index in [2.05, 4.69) is 11.9 Å².